The molecule has 3 atom stereocenters. The van der Waals surface area contributed by atoms with Gasteiger partial charge in [-0.2, -0.15) is 4.31 Å². The lowest BCUT2D eigenvalue weighted by Crippen LogP contribution is -2.57. The van der Waals surface area contributed by atoms with Gasteiger partial charge in [0.1, 0.15) is 11.0 Å². The molecule has 1 aliphatic rings. The Morgan fingerprint density at radius 1 is 1.08 bits per heavy atom. The molecular weight excluding hydrogens is 653 g/mol. The largest absolute Gasteiger partial charge is 0.399 e. The number of ether oxygens (including phenoxy) is 1. The van der Waals surface area contributed by atoms with Gasteiger partial charge in [0.15, 0.2) is 0 Å². The first kappa shape index (κ1) is 37.3. The average Bonchev–Trinajstić information content (AvgIpc) is 3.63. The highest BCUT2D eigenvalue weighted by Gasteiger charge is 2.40. The normalized spacial score (nSPS) is 15.8. The Labute approximate surface area is 287 Å². The number of hydrogen-bond donors (Lipinski definition) is 3. The van der Waals surface area contributed by atoms with Crippen molar-refractivity contribution in [1.82, 2.24) is 24.4 Å². The maximum absolute atomic E-state index is 14.1. The van der Waals surface area contributed by atoms with E-state index >= 15 is 0 Å². The fraction of sp³-hybridized carbons (Fsp3) is 0.500. The van der Waals surface area contributed by atoms with Gasteiger partial charge in [-0.05, 0) is 48.1 Å². The van der Waals surface area contributed by atoms with E-state index in [-0.39, 0.29) is 42.3 Å². The number of methoxy groups -OCH3 is 1. The number of thiazole rings is 1. The summed E-state index contributed by atoms with van der Waals surface area (Å²) in [5.41, 5.74) is 7.86. The van der Waals surface area contributed by atoms with Gasteiger partial charge in [-0.1, -0.05) is 58.0 Å². The number of nitrogens with one attached hydrogen (secondary N) is 1. The molecule has 12 nitrogen and oxygen atoms in total. The number of carbonyl (C=O) groups excluding carboxylic acids is 2. The predicted molar refractivity (Wildman–Crippen MR) is 186 cm³/mol. The minimum Gasteiger partial charge on any atom is -0.399 e. The van der Waals surface area contributed by atoms with Gasteiger partial charge in [0.05, 0.1) is 35.9 Å². The molecule has 0 radical (unpaired) electrons. The van der Waals surface area contributed by atoms with Crippen LogP contribution in [0.15, 0.2) is 64.9 Å². The minimum absolute atomic E-state index is 0.0341. The Balaban J connectivity index is 1.55. The zero-order valence-corrected chi connectivity index (χ0v) is 29.9. The number of benzene rings is 2. The molecule has 14 heteroatoms. The van der Waals surface area contributed by atoms with E-state index in [0.717, 1.165) is 16.3 Å². The summed E-state index contributed by atoms with van der Waals surface area (Å²) in [5, 5.41) is 17.4. The van der Waals surface area contributed by atoms with Gasteiger partial charge in [-0.3, -0.25) is 4.79 Å². The molecule has 0 spiro atoms. The summed E-state index contributed by atoms with van der Waals surface area (Å²) in [6.45, 7) is 9.00. The molecule has 1 fully saturated rings. The summed E-state index contributed by atoms with van der Waals surface area (Å²) in [6.07, 6.45) is -1.01. The molecule has 262 valence electrons. The Morgan fingerprint density at radius 3 is 2.40 bits per heavy atom. The molecule has 0 bridgehead atoms. The maximum Gasteiger partial charge on any atom is 0.321 e. The van der Waals surface area contributed by atoms with Crippen molar-refractivity contribution < 1.29 is 27.9 Å². The number of nitrogens with two attached hydrogens (primary N) is 1. The van der Waals surface area contributed by atoms with Crippen LogP contribution in [-0.2, 0) is 39.1 Å². The average molecular weight is 701 g/mol. The van der Waals surface area contributed by atoms with Crippen LogP contribution in [0.2, 0.25) is 0 Å². The fourth-order valence-electron chi connectivity index (χ4n) is 5.84. The van der Waals surface area contributed by atoms with Gasteiger partial charge >= 0.3 is 6.03 Å². The Bertz CT molecular complexity index is 1600. The molecular formula is C34H48N6O6S2. The quantitative estimate of drug-likeness (QED) is 0.181. The maximum atomic E-state index is 14.1. The molecule has 4 rings (SSSR count). The van der Waals surface area contributed by atoms with Gasteiger partial charge in [-0.25, -0.2) is 18.2 Å². The third kappa shape index (κ3) is 9.53. The molecule has 1 aromatic heterocycles. The topological polar surface area (TPSA) is 158 Å². The highest BCUT2D eigenvalue weighted by Crippen LogP contribution is 2.23. The number of amides is 3. The summed E-state index contributed by atoms with van der Waals surface area (Å²) in [5.74, 6) is -0.680. The summed E-state index contributed by atoms with van der Waals surface area (Å²) in [7, 11) is -2.39. The second-order valence-corrected chi connectivity index (χ2v) is 15.8. The number of aliphatic hydroxyl groups is 1. The Morgan fingerprint density at radius 2 is 1.77 bits per heavy atom. The third-order valence-electron chi connectivity index (χ3n) is 8.15. The minimum atomic E-state index is -3.99. The summed E-state index contributed by atoms with van der Waals surface area (Å²) >= 11 is 1.47. The number of nitrogen functional groups attached to an aromatic ring is 1. The molecule has 48 heavy (non-hydrogen) atoms. The van der Waals surface area contributed by atoms with Crippen LogP contribution in [0.1, 0.15) is 44.0 Å². The monoisotopic (exact) mass is 700 g/mol. The van der Waals surface area contributed by atoms with Gasteiger partial charge in [0, 0.05) is 44.4 Å². The van der Waals surface area contributed by atoms with Crippen molar-refractivity contribution in [3.63, 3.8) is 0 Å². The van der Waals surface area contributed by atoms with Crippen LogP contribution in [0.25, 0.3) is 0 Å². The van der Waals surface area contributed by atoms with Gasteiger partial charge < -0.3 is 30.7 Å². The van der Waals surface area contributed by atoms with Crippen molar-refractivity contribution in [2.75, 3.05) is 39.0 Å². The van der Waals surface area contributed by atoms with Crippen molar-refractivity contribution in [2.45, 2.75) is 70.4 Å². The number of aromatic nitrogens is 1. The number of carbonyl (C=O) groups is 2. The zero-order valence-electron chi connectivity index (χ0n) is 28.3. The SMILES string of the molecule is COCc1nc(CN2CCN(C(C(=O)N[C@@H](Cc3ccccc3)[C@H](O)CN(CC(C)C)S(=O)(=O)c3ccc(N)cc3)C(C)C)C2=O)cs1. The van der Waals surface area contributed by atoms with Crippen molar-refractivity contribution in [3.05, 3.63) is 76.2 Å². The Hall–Kier alpha value is -3.56. The van der Waals surface area contributed by atoms with Crippen LogP contribution in [0, 0.1) is 11.8 Å². The molecule has 3 amide bonds. The fourth-order valence-corrected chi connectivity index (χ4v) is 8.22. The molecule has 1 aliphatic heterocycles. The number of aliphatic hydroxyl groups excluding tert-OH is 1. The van der Waals surface area contributed by atoms with Crippen LogP contribution < -0.4 is 11.1 Å². The Kier molecular flexibility index (Phi) is 13.0. The molecule has 3 aromatic rings. The van der Waals surface area contributed by atoms with Crippen LogP contribution >= 0.6 is 11.3 Å². The second-order valence-electron chi connectivity index (χ2n) is 12.9. The first-order valence-corrected chi connectivity index (χ1v) is 18.5. The summed E-state index contributed by atoms with van der Waals surface area (Å²) in [4.78, 5) is 35.5. The predicted octanol–water partition coefficient (Wildman–Crippen LogP) is 3.57. The first-order valence-electron chi connectivity index (χ1n) is 16.2. The molecule has 2 heterocycles. The molecule has 0 saturated carbocycles. The van der Waals surface area contributed by atoms with E-state index in [1.807, 2.05) is 63.4 Å². The number of anilines is 1. The third-order valence-corrected chi connectivity index (χ3v) is 10.9. The van der Waals surface area contributed by atoms with E-state index < -0.39 is 34.1 Å². The van der Waals surface area contributed by atoms with Gasteiger partial charge in [0.2, 0.25) is 15.9 Å². The lowest BCUT2D eigenvalue weighted by Gasteiger charge is -2.34. The van der Waals surface area contributed by atoms with Crippen LogP contribution in [0.4, 0.5) is 10.5 Å². The van der Waals surface area contributed by atoms with Crippen LogP contribution in [0.3, 0.4) is 0 Å². The number of nitrogens with zero attached hydrogens (tertiary/aromatic N) is 4. The molecule has 4 N–H and O–H groups in total. The molecule has 0 aliphatic carbocycles. The van der Waals surface area contributed by atoms with E-state index in [1.54, 1.807) is 16.9 Å². The molecule has 1 saturated heterocycles. The van der Waals surface area contributed by atoms with Crippen molar-refractivity contribution in [2.24, 2.45) is 11.8 Å². The van der Waals surface area contributed by atoms with E-state index in [0.29, 0.717) is 31.9 Å². The standard InChI is InChI=1S/C34H48N6O6S2/c1-23(2)18-39(48(44,45)28-13-11-26(35)12-14-28)20-30(41)29(17-25-9-7-6-8-10-25)37-33(42)32(24(3)4)40-16-15-38(34(40)43)19-27-22-47-31(36-27)21-46-5/h6-14,22-24,29-30,32,41H,15-21,35H2,1-5H3,(H,37,42)/t29-,30+,32?/m0/s1. The van der Waals surface area contributed by atoms with E-state index in [9.17, 15) is 23.1 Å². The van der Waals surface area contributed by atoms with Crippen molar-refractivity contribution in [3.8, 4) is 0 Å². The first-order chi connectivity index (χ1) is 22.8. The highest BCUT2D eigenvalue weighted by atomic mass is 32.2. The number of rotatable bonds is 17. The number of sulfonamides is 1. The van der Waals surface area contributed by atoms with Gasteiger partial charge in [0.25, 0.3) is 0 Å². The van der Waals surface area contributed by atoms with E-state index in [4.69, 9.17) is 10.5 Å². The highest BCUT2D eigenvalue weighted by molar-refractivity contribution is 7.89. The van der Waals surface area contributed by atoms with Gasteiger partial charge in [-0.15, -0.1) is 11.3 Å². The summed E-state index contributed by atoms with van der Waals surface area (Å²) < 4.78 is 33.9. The number of hydrogen-bond acceptors (Lipinski definition) is 9. The molecule has 1 unspecified atom stereocenters. The number of urea groups is 1. The lowest BCUT2D eigenvalue weighted by atomic mass is 9.97. The summed E-state index contributed by atoms with van der Waals surface area (Å²) in [6, 6.07) is 13.4. The van der Waals surface area contributed by atoms with E-state index in [1.165, 1.54) is 39.9 Å². The zero-order chi connectivity index (χ0) is 35.0. The smallest absolute Gasteiger partial charge is 0.321 e. The van der Waals surface area contributed by atoms with Crippen molar-refractivity contribution >= 4 is 39.0 Å². The second kappa shape index (κ2) is 16.7. The molecule has 2 aromatic carbocycles. The van der Waals surface area contributed by atoms with Crippen LogP contribution in [-0.4, -0.2) is 96.0 Å². The van der Waals surface area contributed by atoms with Crippen molar-refractivity contribution in [1.29, 1.82) is 0 Å². The lowest BCUT2D eigenvalue weighted by molar-refractivity contribution is -0.128. The van der Waals surface area contributed by atoms with E-state index in [2.05, 4.69) is 10.3 Å². The van der Waals surface area contributed by atoms with Crippen LogP contribution in [0.5, 0.6) is 0 Å².